The molecular weight excluding hydrogens is 207 g/mol. The van der Waals surface area contributed by atoms with E-state index in [4.69, 9.17) is 0 Å². The Balaban J connectivity index is 2.30. The molecule has 3 nitrogen and oxygen atoms in total. The Kier molecular flexibility index (Phi) is 2.66. The van der Waals surface area contributed by atoms with E-state index in [0.29, 0.717) is 6.54 Å². The number of carbonyl (C=O) groups excluding carboxylic acids is 1. The van der Waals surface area contributed by atoms with Crippen LogP contribution >= 0.6 is 0 Å². The highest BCUT2D eigenvalue weighted by atomic mass is 19.1. The molecule has 1 amide bonds. The predicted molar refractivity (Wildman–Crippen MR) is 58.5 cm³/mol. The molecule has 4 heteroatoms. The van der Waals surface area contributed by atoms with Crippen LogP contribution in [0.5, 0.6) is 0 Å². The quantitative estimate of drug-likeness (QED) is 0.730. The summed E-state index contributed by atoms with van der Waals surface area (Å²) >= 11 is 0. The lowest BCUT2D eigenvalue weighted by Crippen LogP contribution is -2.42. The van der Waals surface area contributed by atoms with Crippen molar-refractivity contribution in [3.63, 3.8) is 0 Å². The van der Waals surface area contributed by atoms with Crippen LogP contribution in [0.15, 0.2) is 18.5 Å². The molecular formula is C12H15FN2O. The summed E-state index contributed by atoms with van der Waals surface area (Å²) in [5.41, 5.74) is -0.0581. The van der Waals surface area contributed by atoms with E-state index in [1.165, 1.54) is 12.3 Å². The van der Waals surface area contributed by atoms with Crippen molar-refractivity contribution in [2.75, 3.05) is 6.54 Å². The number of pyridine rings is 1. The molecule has 0 aliphatic carbocycles. The Morgan fingerprint density at radius 1 is 1.56 bits per heavy atom. The van der Waals surface area contributed by atoms with Crippen molar-refractivity contribution in [3.8, 4) is 0 Å². The first-order valence-electron chi connectivity index (χ1n) is 5.44. The van der Waals surface area contributed by atoms with Crippen molar-refractivity contribution in [2.45, 2.75) is 32.2 Å². The Morgan fingerprint density at radius 2 is 2.31 bits per heavy atom. The van der Waals surface area contributed by atoms with E-state index in [2.05, 4.69) is 4.98 Å². The average Bonchev–Trinajstić information content (AvgIpc) is 2.58. The van der Waals surface area contributed by atoms with Gasteiger partial charge in [0, 0.05) is 18.3 Å². The molecule has 0 unspecified atom stereocenters. The zero-order valence-corrected chi connectivity index (χ0v) is 9.53. The number of hydrogen-bond donors (Lipinski definition) is 0. The van der Waals surface area contributed by atoms with E-state index in [1.54, 1.807) is 4.90 Å². The molecule has 0 spiro atoms. The second-order valence-electron chi connectivity index (χ2n) is 4.73. The minimum atomic E-state index is -0.546. The van der Waals surface area contributed by atoms with Crippen LogP contribution in [-0.2, 0) is 0 Å². The maximum Gasteiger partial charge on any atom is 0.257 e. The Bertz CT molecular complexity index is 417. The fraction of sp³-hybridized carbons (Fsp3) is 0.500. The number of amides is 1. The van der Waals surface area contributed by atoms with Crippen LogP contribution < -0.4 is 0 Å². The molecule has 0 radical (unpaired) electrons. The van der Waals surface area contributed by atoms with Gasteiger partial charge >= 0.3 is 0 Å². The SMILES string of the molecule is CC1(C)CCCN1C(=O)c1ccncc1F. The summed E-state index contributed by atoms with van der Waals surface area (Å²) in [4.78, 5) is 17.5. The molecule has 86 valence electrons. The average molecular weight is 222 g/mol. The smallest absolute Gasteiger partial charge is 0.257 e. The molecule has 2 heterocycles. The third-order valence-corrected chi connectivity index (χ3v) is 3.15. The van der Waals surface area contributed by atoms with Gasteiger partial charge in [0.2, 0.25) is 0 Å². The fourth-order valence-electron chi connectivity index (χ4n) is 2.18. The minimum absolute atomic E-state index is 0.116. The Labute approximate surface area is 94.3 Å². The molecule has 16 heavy (non-hydrogen) atoms. The van der Waals surface area contributed by atoms with Crippen LogP contribution in [0.4, 0.5) is 4.39 Å². The summed E-state index contributed by atoms with van der Waals surface area (Å²) in [6, 6.07) is 1.44. The normalized spacial score (nSPS) is 18.8. The lowest BCUT2D eigenvalue weighted by atomic mass is 10.0. The third-order valence-electron chi connectivity index (χ3n) is 3.15. The van der Waals surface area contributed by atoms with Crippen LogP contribution in [0, 0.1) is 5.82 Å². The summed E-state index contributed by atoms with van der Waals surface area (Å²) in [5.74, 6) is -0.780. The molecule has 2 rings (SSSR count). The van der Waals surface area contributed by atoms with Crippen molar-refractivity contribution in [1.82, 2.24) is 9.88 Å². The van der Waals surface area contributed by atoms with Gasteiger partial charge in [-0.3, -0.25) is 9.78 Å². The highest BCUT2D eigenvalue weighted by Crippen LogP contribution is 2.29. The Hall–Kier alpha value is -1.45. The highest BCUT2D eigenvalue weighted by molar-refractivity contribution is 5.95. The summed E-state index contributed by atoms with van der Waals surface area (Å²) in [5, 5.41) is 0. The summed E-state index contributed by atoms with van der Waals surface area (Å²) < 4.78 is 13.4. The standard InChI is InChI=1S/C12H15FN2O/c1-12(2)5-3-7-15(12)11(16)9-4-6-14-8-10(9)13/h4,6,8H,3,5,7H2,1-2H3. The van der Waals surface area contributed by atoms with E-state index in [-0.39, 0.29) is 17.0 Å². The first-order valence-corrected chi connectivity index (χ1v) is 5.44. The summed E-state index contributed by atoms with van der Waals surface area (Å²) in [7, 11) is 0. The molecule has 1 saturated heterocycles. The molecule has 1 aliphatic rings. The van der Waals surface area contributed by atoms with Crippen LogP contribution in [0.3, 0.4) is 0 Å². The number of likely N-dealkylation sites (tertiary alicyclic amines) is 1. The van der Waals surface area contributed by atoms with Gasteiger partial charge < -0.3 is 4.90 Å². The van der Waals surface area contributed by atoms with E-state index < -0.39 is 5.82 Å². The van der Waals surface area contributed by atoms with Gasteiger partial charge in [-0.1, -0.05) is 0 Å². The first-order chi connectivity index (χ1) is 7.52. The predicted octanol–water partition coefficient (Wildman–Crippen LogP) is 2.24. The molecule has 0 saturated carbocycles. The second-order valence-corrected chi connectivity index (χ2v) is 4.73. The van der Waals surface area contributed by atoms with Crippen molar-refractivity contribution >= 4 is 5.91 Å². The number of halogens is 1. The molecule has 0 bridgehead atoms. The van der Waals surface area contributed by atoms with Crippen molar-refractivity contribution < 1.29 is 9.18 Å². The number of rotatable bonds is 1. The molecule has 1 fully saturated rings. The van der Waals surface area contributed by atoms with Gasteiger partial charge in [-0.05, 0) is 32.8 Å². The van der Waals surface area contributed by atoms with Crippen LogP contribution in [0.25, 0.3) is 0 Å². The van der Waals surface area contributed by atoms with Crippen LogP contribution in [0.1, 0.15) is 37.0 Å². The third kappa shape index (κ3) is 1.79. The number of aromatic nitrogens is 1. The monoisotopic (exact) mass is 222 g/mol. The molecule has 0 N–H and O–H groups in total. The molecule has 1 aliphatic heterocycles. The minimum Gasteiger partial charge on any atom is -0.333 e. The zero-order valence-electron chi connectivity index (χ0n) is 9.53. The maximum absolute atomic E-state index is 13.4. The first kappa shape index (κ1) is 11.0. The van der Waals surface area contributed by atoms with Crippen molar-refractivity contribution in [1.29, 1.82) is 0 Å². The highest BCUT2D eigenvalue weighted by Gasteiger charge is 2.36. The number of hydrogen-bond acceptors (Lipinski definition) is 2. The van der Waals surface area contributed by atoms with Gasteiger partial charge in [0.25, 0.3) is 5.91 Å². The van der Waals surface area contributed by atoms with Gasteiger partial charge in [-0.15, -0.1) is 0 Å². The lowest BCUT2D eigenvalue weighted by Gasteiger charge is -2.31. The van der Waals surface area contributed by atoms with Crippen LogP contribution in [-0.4, -0.2) is 27.9 Å². The van der Waals surface area contributed by atoms with Gasteiger partial charge in [0.05, 0.1) is 11.8 Å². The fourth-order valence-corrected chi connectivity index (χ4v) is 2.18. The molecule has 0 atom stereocenters. The van der Waals surface area contributed by atoms with Crippen molar-refractivity contribution in [2.24, 2.45) is 0 Å². The topological polar surface area (TPSA) is 33.2 Å². The molecule has 1 aromatic rings. The molecule has 1 aromatic heterocycles. The van der Waals surface area contributed by atoms with Gasteiger partial charge in [-0.25, -0.2) is 4.39 Å². The Morgan fingerprint density at radius 3 is 2.88 bits per heavy atom. The summed E-state index contributed by atoms with van der Waals surface area (Å²) in [6.45, 7) is 4.72. The van der Waals surface area contributed by atoms with E-state index in [0.717, 1.165) is 19.0 Å². The van der Waals surface area contributed by atoms with Crippen LogP contribution in [0.2, 0.25) is 0 Å². The van der Waals surface area contributed by atoms with E-state index >= 15 is 0 Å². The van der Waals surface area contributed by atoms with Crippen molar-refractivity contribution in [3.05, 3.63) is 29.8 Å². The maximum atomic E-state index is 13.4. The largest absolute Gasteiger partial charge is 0.333 e. The second kappa shape index (κ2) is 3.85. The lowest BCUT2D eigenvalue weighted by molar-refractivity contribution is 0.0647. The van der Waals surface area contributed by atoms with E-state index in [9.17, 15) is 9.18 Å². The van der Waals surface area contributed by atoms with E-state index in [1.807, 2.05) is 13.8 Å². The summed E-state index contributed by atoms with van der Waals surface area (Å²) in [6.07, 6.45) is 4.46. The number of nitrogens with zero attached hydrogens (tertiary/aromatic N) is 2. The van der Waals surface area contributed by atoms with Gasteiger partial charge in [-0.2, -0.15) is 0 Å². The van der Waals surface area contributed by atoms with Gasteiger partial charge in [0.1, 0.15) is 0 Å². The number of carbonyl (C=O) groups is 1. The zero-order chi connectivity index (χ0) is 11.8. The molecule has 0 aromatic carbocycles. The van der Waals surface area contributed by atoms with Gasteiger partial charge in [0.15, 0.2) is 5.82 Å².